The van der Waals surface area contributed by atoms with E-state index in [1.807, 2.05) is 22.7 Å². The summed E-state index contributed by atoms with van der Waals surface area (Å²) in [4.78, 5) is 9.59. The van der Waals surface area contributed by atoms with Crippen molar-refractivity contribution >= 4 is 131 Å². The quantitative estimate of drug-likeness (QED) is 0.108. The summed E-state index contributed by atoms with van der Waals surface area (Å²) < 4.78 is 5.27. The second kappa shape index (κ2) is 29.6. The first-order chi connectivity index (χ1) is 57.6. The molecule has 20 aromatic rings. The van der Waals surface area contributed by atoms with Crippen molar-refractivity contribution in [3.8, 4) is 22.3 Å². The van der Waals surface area contributed by atoms with E-state index in [0.717, 1.165) is 45.5 Å². The highest BCUT2D eigenvalue weighted by atomic mass is 32.1. The van der Waals surface area contributed by atoms with Crippen LogP contribution >= 0.6 is 22.7 Å². The molecule has 4 heterocycles. The number of benzene rings is 18. The lowest BCUT2D eigenvalue weighted by atomic mass is 9.62. The van der Waals surface area contributed by atoms with Crippen molar-refractivity contribution in [3.63, 3.8) is 0 Å². The first-order valence-electron chi connectivity index (χ1n) is 39.7. The minimum absolute atomic E-state index is 0.553. The zero-order valence-corrected chi connectivity index (χ0v) is 65.1. The second-order valence-corrected chi connectivity index (χ2v) is 31.8. The Kier molecular flexibility index (Phi) is 17.7. The van der Waals surface area contributed by atoms with Crippen molar-refractivity contribution in [3.05, 3.63) is 506 Å². The van der Waals surface area contributed by atoms with Crippen molar-refractivity contribution in [2.45, 2.75) is 10.8 Å². The van der Waals surface area contributed by atoms with Crippen LogP contribution < -0.4 is 19.6 Å². The highest BCUT2D eigenvalue weighted by Crippen LogP contribution is 2.62. The standard InChI is InChI=1S/C61H42N2S.C49H34N2S/c1-4-17-43(18-5-1)45-31-35-48(36-32-45)62(49-37-33-46(34-38-49)44-19-6-2-7-20-44)50-39-41-51(42-40-50)63-57-28-13-11-25-54(57)61(47-21-8-3-9-22-47,55-26-12-14-29-58(55)63)56-27-16-24-53-52-23-10-15-30-59(52)64-60(53)56;1-4-17-35(18-5-1)49(44-27-16-24-41-40-23-10-15-30-47(40)52-48(41)44)42-25-11-13-28-45(42)51(46-29-14-12-26-43(46)49)39-33-31-38(32-34-39)50(36-19-6-2-7-20-36)37-21-8-3-9-22-37/h1-42H;1-34H. The van der Waals surface area contributed by atoms with Gasteiger partial charge in [-0.05, 0) is 200 Å². The van der Waals surface area contributed by atoms with Gasteiger partial charge in [0, 0.05) is 85.8 Å². The number of rotatable bonds is 14. The van der Waals surface area contributed by atoms with E-state index >= 15 is 0 Å². The lowest BCUT2D eigenvalue weighted by molar-refractivity contribution is 0.739. The van der Waals surface area contributed by atoms with Crippen LogP contribution in [0.1, 0.15) is 44.5 Å². The molecule has 2 aliphatic heterocycles. The number of hydrogen-bond acceptors (Lipinski definition) is 6. The normalized spacial score (nSPS) is 12.9. The van der Waals surface area contributed by atoms with E-state index < -0.39 is 10.8 Å². The van der Waals surface area contributed by atoms with Crippen LogP contribution in [0.2, 0.25) is 0 Å². The Morgan fingerprint density at radius 1 is 0.181 bits per heavy atom. The summed E-state index contributed by atoms with van der Waals surface area (Å²) in [6.07, 6.45) is 0. The molecule has 2 aromatic heterocycles. The molecule has 22 rings (SSSR count). The number of para-hydroxylation sites is 6. The van der Waals surface area contributed by atoms with Gasteiger partial charge < -0.3 is 19.6 Å². The molecule has 2 aliphatic rings. The first-order valence-corrected chi connectivity index (χ1v) is 41.3. The van der Waals surface area contributed by atoms with Crippen molar-refractivity contribution < 1.29 is 0 Å². The number of nitrogens with zero attached hydrogens (tertiary/aromatic N) is 4. The largest absolute Gasteiger partial charge is 0.311 e. The Balaban J connectivity index is 0.000000148. The average Bonchev–Trinajstić information content (AvgIpc) is 1.04. The minimum Gasteiger partial charge on any atom is -0.311 e. The molecule has 0 N–H and O–H groups in total. The summed E-state index contributed by atoms with van der Waals surface area (Å²) in [7, 11) is 0. The Hall–Kier alpha value is -14.4. The molecular weight excluding hydrogens is 1440 g/mol. The van der Waals surface area contributed by atoms with Gasteiger partial charge in [-0.15, -0.1) is 22.7 Å². The van der Waals surface area contributed by atoms with Gasteiger partial charge in [-0.2, -0.15) is 0 Å². The summed E-state index contributed by atoms with van der Waals surface area (Å²) in [6.45, 7) is 0. The van der Waals surface area contributed by atoms with Crippen LogP contribution in [0.15, 0.2) is 461 Å². The number of thiophene rings is 2. The van der Waals surface area contributed by atoms with Crippen molar-refractivity contribution in [1.29, 1.82) is 0 Å². The zero-order valence-electron chi connectivity index (χ0n) is 63.5. The molecular formula is C110H76N4S2. The molecule has 0 amide bonds. The molecule has 0 aliphatic carbocycles. The van der Waals surface area contributed by atoms with Crippen molar-refractivity contribution in [2.75, 3.05) is 19.6 Å². The number of fused-ring (bicyclic) bond motifs is 10. The highest BCUT2D eigenvalue weighted by Gasteiger charge is 2.49. The van der Waals surface area contributed by atoms with E-state index in [0.29, 0.717) is 0 Å². The van der Waals surface area contributed by atoms with Gasteiger partial charge >= 0.3 is 0 Å². The fourth-order valence-electron chi connectivity index (χ4n) is 18.4. The topological polar surface area (TPSA) is 13.0 Å². The van der Waals surface area contributed by atoms with Gasteiger partial charge in [0.05, 0.1) is 33.6 Å². The molecule has 0 spiro atoms. The fourth-order valence-corrected chi connectivity index (χ4v) is 21.0. The van der Waals surface area contributed by atoms with Gasteiger partial charge in [-0.3, -0.25) is 0 Å². The monoisotopic (exact) mass is 1520 g/mol. The van der Waals surface area contributed by atoms with E-state index in [2.05, 4.69) is 481 Å². The van der Waals surface area contributed by atoms with Gasteiger partial charge in [0.15, 0.2) is 0 Å². The molecule has 0 saturated heterocycles. The van der Waals surface area contributed by atoms with E-state index in [4.69, 9.17) is 0 Å². The SMILES string of the molecule is c1ccc(-c2ccc(N(c3ccc(-c4ccccc4)cc3)c3ccc(N4c5ccccc5C(c5ccccc5)(c5cccc6c5sc5ccccc56)c5ccccc54)cc3)cc2)cc1.c1ccc(N(c2ccccc2)c2ccc(N3c4ccccc4C(c4ccccc4)(c4cccc5c4sc4ccccc45)c4ccccc43)cc2)cc1. The summed E-state index contributed by atoms with van der Waals surface area (Å²) in [5.74, 6) is 0. The van der Waals surface area contributed by atoms with Gasteiger partial charge in [0.1, 0.15) is 0 Å². The maximum absolute atomic E-state index is 2.47. The molecule has 0 bridgehead atoms. The average molecular weight is 1520 g/mol. The van der Waals surface area contributed by atoms with Crippen LogP contribution in [-0.2, 0) is 10.8 Å². The third-order valence-corrected chi connectivity index (χ3v) is 25.9. The predicted molar refractivity (Wildman–Crippen MR) is 492 cm³/mol. The summed E-state index contributed by atoms with van der Waals surface area (Å²) in [5.41, 5.74) is 27.4. The predicted octanol–water partition coefficient (Wildman–Crippen LogP) is 30.7. The van der Waals surface area contributed by atoms with Gasteiger partial charge in [0.25, 0.3) is 0 Å². The Bertz CT molecular complexity index is 6720. The Morgan fingerprint density at radius 2 is 0.422 bits per heavy atom. The number of hydrogen-bond donors (Lipinski definition) is 0. The highest BCUT2D eigenvalue weighted by molar-refractivity contribution is 7.26. The van der Waals surface area contributed by atoms with E-state index in [9.17, 15) is 0 Å². The van der Waals surface area contributed by atoms with E-state index in [-0.39, 0.29) is 0 Å². The van der Waals surface area contributed by atoms with Crippen LogP contribution in [0.25, 0.3) is 62.6 Å². The lowest BCUT2D eigenvalue weighted by Crippen LogP contribution is -2.37. The zero-order chi connectivity index (χ0) is 76.9. The van der Waals surface area contributed by atoms with Crippen LogP contribution in [0.5, 0.6) is 0 Å². The third-order valence-electron chi connectivity index (χ3n) is 23.5. The maximum Gasteiger partial charge on any atom is 0.0756 e. The smallest absolute Gasteiger partial charge is 0.0756 e. The molecule has 0 atom stereocenters. The molecule has 0 fully saturated rings. The maximum atomic E-state index is 2.47. The summed E-state index contributed by atoms with van der Waals surface area (Å²) in [5, 5.41) is 5.23. The lowest BCUT2D eigenvalue weighted by Gasteiger charge is -2.46. The van der Waals surface area contributed by atoms with Gasteiger partial charge in [-0.25, -0.2) is 0 Å². The summed E-state index contributed by atoms with van der Waals surface area (Å²) >= 11 is 3.81. The molecule has 6 heteroatoms. The number of anilines is 12. The molecule has 0 saturated carbocycles. The fraction of sp³-hybridized carbons (Fsp3) is 0.0182. The van der Waals surface area contributed by atoms with Gasteiger partial charge in [0.2, 0.25) is 0 Å². The Morgan fingerprint density at radius 3 is 0.759 bits per heavy atom. The van der Waals surface area contributed by atoms with Gasteiger partial charge in [-0.1, -0.05) is 328 Å². The Labute approximate surface area is 684 Å². The second-order valence-electron chi connectivity index (χ2n) is 29.7. The van der Waals surface area contributed by atoms with Crippen LogP contribution in [0.3, 0.4) is 0 Å². The van der Waals surface area contributed by atoms with E-state index in [1.165, 1.54) is 130 Å². The van der Waals surface area contributed by atoms with Crippen molar-refractivity contribution in [2.24, 2.45) is 0 Å². The molecule has 0 radical (unpaired) electrons. The molecule has 548 valence electrons. The molecule has 116 heavy (non-hydrogen) atoms. The molecule has 0 unspecified atom stereocenters. The first kappa shape index (κ1) is 69.5. The van der Waals surface area contributed by atoms with Crippen LogP contribution in [0, 0.1) is 0 Å². The van der Waals surface area contributed by atoms with E-state index in [1.54, 1.807) is 0 Å². The van der Waals surface area contributed by atoms with Crippen LogP contribution in [0.4, 0.5) is 68.2 Å². The molecule has 4 nitrogen and oxygen atoms in total. The van der Waals surface area contributed by atoms with Crippen molar-refractivity contribution in [1.82, 2.24) is 0 Å². The van der Waals surface area contributed by atoms with Crippen LogP contribution in [-0.4, -0.2) is 0 Å². The third kappa shape index (κ3) is 11.7. The summed E-state index contributed by atoms with van der Waals surface area (Å²) in [6, 6.07) is 168. The minimum atomic E-state index is -0.583. The molecule has 18 aromatic carbocycles.